The predicted molar refractivity (Wildman–Crippen MR) is 117 cm³/mol. The Morgan fingerprint density at radius 1 is 1.14 bits per heavy atom. The first-order valence-corrected chi connectivity index (χ1v) is 11.5. The predicted octanol–water partition coefficient (Wildman–Crippen LogP) is 2.43. The van der Waals surface area contributed by atoms with E-state index in [2.05, 4.69) is 26.1 Å². The van der Waals surface area contributed by atoms with E-state index in [0.717, 1.165) is 16.7 Å². The van der Waals surface area contributed by atoms with Gasteiger partial charge in [-0.3, -0.25) is 0 Å². The molecule has 28 heavy (non-hydrogen) atoms. The van der Waals surface area contributed by atoms with E-state index in [-0.39, 0.29) is 5.41 Å². The molecule has 6 nitrogen and oxygen atoms in total. The first-order valence-electron chi connectivity index (χ1n) is 9.62. The molecule has 158 valence electrons. The lowest BCUT2D eigenvalue weighted by Crippen LogP contribution is -2.53. The molecule has 1 fully saturated rings. The minimum Gasteiger partial charge on any atom is -0.383 e. The van der Waals surface area contributed by atoms with Gasteiger partial charge in [0.25, 0.3) is 0 Å². The minimum atomic E-state index is -3.53. The molecule has 8 heteroatoms. The summed E-state index contributed by atoms with van der Waals surface area (Å²) in [7, 11) is -1.89. The number of piperazine rings is 1. The first kappa shape index (κ1) is 23.1. The van der Waals surface area contributed by atoms with Crippen LogP contribution in [0.4, 0.5) is 0 Å². The van der Waals surface area contributed by atoms with Gasteiger partial charge >= 0.3 is 0 Å². The molecule has 1 aromatic carbocycles. The standard InChI is InChI=1S/C20H33N3O3S2/c1-15-13-17(20(3,4)5)14-16(2)18(15)28(24,25)23-10-8-22(9-11-23)19(27)21-7-12-26-6/h13-14H,7-12H2,1-6H3,(H,21,27). The molecule has 1 aromatic rings. The Morgan fingerprint density at radius 2 is 1.68 bits per heavy atom. The highest BCUT2D eigenvalue weighted by molar-refractivity contribution is 7.89. The smallest absolute Gasteiger partial charge is 0.243 e. The molecule has 1 heterocycles. The molecule has 0 atom stereocenters. The molecule has 0 amide bonds. The van der Waals surface area contributed by atoms with E-state index < -0.39 is 10.0 Å². The second kappa shape index (κ2) is 9.07. The van der Waals surface area contributed by atoms with Crippen LogP contribution in [0.3, 0.4) is 0 Å². The van der Waals surface area contributed by atoms with Gasteiger partial charge in [0.1, 0.15) is 0 Å². The van der Waals surface area contributed by atoms with Gasteiger partial charge in [-0.1, -0.05) is 32.9 Å². The Labute approximate surface area is 175 Å². The first-order chi connectivity index (χ1) is 13.0. The molecule has 1 aliphatic rings. The van der Waals surface area contributed by atoms with E-state index in [1.54, 1.807) is 11.4 Å². The molecule has 0 aliphatic carbocycles. The maximum Gasteiger partial charge on any atom is 0.243 e. The van der Waals surface area contributed by atoms with Gasteiger partial charge in [0.15, 0.2) is 5.11 Å². The van der Waals surface area contributed by atoms with Crippen LogP contribution < -0.4 is 5.32 Å². The Morgan fingerprint density at radius 3 is 2.14 bits per heavy atom. The number of hydrogen-bond donors (Lipinski definition) is 1. The van der Waals surface area contributed by atoms with Crippen LogP contribution in [0, 0.1) is 13.8 Å². The number of nitrogens with zero attached hydrogens (tertiary/aromatic N) is 2. The molecule has 2 rings (SSSR count). The third-order valence-corrected chi connectivity index (χ3v) is 7.64. The van der Waals surface area contributed by atoms with Gasteiger partial charge in [0.2, 0.25) is 10.0 Å². The lowest BCUT2D eigenvalue weighted by atomic mass is 9.85. The zero-order chi connectivity index (χ0) is 21.1. The second-order valence-corrected chi connectivity index (χ2v) is 10.6. The summed E-state index contributed by atoms with van der Waals surface area (Å²) >= 11 is 5.39. The van der Waals surface area contributed by atoms with Gasteiger partial charge < -0.3 is 15.0 Å². The van der Waals surface area contributed by atoms with Gasteiger partial charge in [-0.05, 0) is 48.2 Å². The number of nitrogens with one attached hydrogen (secondary N) is 1. The number of sulfonamides is 1. The molecule has 0 aromatic heterocycles. The summed E-state index contributed by atoms with van der Waals surface area (Å²) in [4.78, 5) is 2.45. The average Bonchev–Trinajstić information content (AvgIpc) is 2.60. The van der Waals surface area contributed by atoms with E-state index in [1.807, 2.05) is 30.9 Å². The SMILES string of the molecule is COCCNC(=S)N1CCN(S(=O)(=O)c2c(C)cc(C(C)(C)C)cc2C)CC1. The summed E-state index contributed by atoms with van der Waals surface area (Å²) in [6.07, 6.45) is 0. The van der Waals surface area contributed by atoms with Crippen molar-refractivity contribution in [2.75, 3.05) is 46.4 Å². The summed E-state index contributed by atoms with van der Waals surface area (Å²) in [5.74, 6) is 0. The van der Waals surface area contributed by atoms with Crippen molar-refractivity contribution < 1.29 is 13.2 Å². The van der Waals surface area contributed by atoms with E-state index in [0.29, 0.717) is 49.3 Å². The Hall–Kier alpha value is -1.22. The third-order valence-electron chi connectivity index (χ3n) is 5.03. The molecule has 0 radical (unpaired) electrons. The number of thiocarbonyl (C=S) groups is 1. The van der Waals surface area contributed by atoms with E-state index in [9.17, 15) is 8.42 Å². The quantitative estimate of drug-likeness (QED) is 0.575. The summed E-state index contributed by atoms with van der Waals surface area (Å²) in [6, 6.07) is 4.01. The molecule has 0 bridgehead atoms. The molecule has 1 saturated heterocycles. The number of rotatable bonds is 5. The second-order valence-electron chi connectivity index (χ2n) is 8.31. The lowest BCUT2D eigenvalue weighted by molar-refractivity contribution is 0.201. The van der Waals surface area contributed by atoms with Crippen LogP contribution in [0.5, 0.6) is 0 Å². The van der Waals surface area contributed by atoms with Crippen molar-refractivity contribution >= 4 is 27.4 Å². The summed E-state index contributed by atoms with van der Waals surface area (Å²) in [5.41, 5.74) is 2.75. The fraction of sp³-hybridized carbons (Fsp3) is 0.650. The van der Waals surface area contributed by atoms with Crippen LogP contribution in [0.2, 0.25) is 0 Å². The molecule has 0 unspecified atom stereocenters. The zero-order valence-corrected chi connectivity index (χ0v) is 19.5. The van der Waals surface area contributed by atoms with E-state index >= 15 is 0 Å². The Kier molecular flexibility index (Phi) is 7.47. The van der Waals surface area contributed by atoms with Crippen LogP contribution in [0.15, 0.2) is 17.0 Å². The topological polar surface area (TPSA) is 61.9 Å². The highest BCUT2D eigenvalue weighted by atomic mass is 32.2. The fourth-order valence-electron chi connectivity index (χ4n) is 3.42. The van der Waals surface area contributed by atoms with Crippen LogP contribution in [0.1, 0.15) is 37.5 Å². The Balaban J connectivity index is 2.14. The van der Waals surface area contributed by atoms with E-state index in [1.165, 1.54) is 0 Å². The van der Waals surface area contributed by atoms with Crippen molar-refractivity contribution in [2.24, 2.45) is 0 Å². The van der Waals surface area contributed by atoms with Gasteiger partial charge in [-0.15, -0.1) is 0 Å². The molecule has 0 spiro atoms. The number of ether oxygens (including phenoxy) is 1. The number of benzene rings is 1. The van der Waals surface area contributed by atoms with Crippen molar-refractivity contribution in [1.29, 1.82) is 0 Å². The van der Waals surface area contributed by atoms with Crippen molar-refractivity contribution in [1.82, 2.24) is 14.5 Å². The summed E-state index contributed by atoms with van der Waals surface area (Å²) < 4.78 is 33.2. The molecule has 0 saturated carbocycles. The van der Waals surface area contributed by atoms with Crippen molar-refractivity contribution in [3.05, 3.63) is 28.8 Å². The molecular formula is C20H33N3O3S2. The van der Waals surface area contributed by atoms with Gasteiger partial charge in [0, 0.05) is 39.8 Å². The van der Waals surface area contributed by atoms with Crippen molar-refractivity contribution in [2.45, 2.75) is 44.9 Å². The number of methoxy groups -OCH3 is 1. The highest BCUT2D eigenvalue weighted by Gasteiger charge is 2.32. The van der Waals surface area contributed by atoms with E-state index in [4.69, 9.17) is 17.0 Å². The highest BCUT2D eigenvalue weighted by Crippen LogP contribution is 2.31. The van der Waals surface area contributed by atoms with Crippen LogP contribution >= 0.6 is 12.2 Å². The van der Waals surface area contributed by atoms with Gasteiger partial charge in [-0.25, -0.2) is 8.42 Å². The molecule has 1 N–H and O–H groups in total. The van der Waals surface area contributed by atoms with Gasteiger partial charge in [-0.2, -0.15) is 4.31 Å². The monoisotopic (exact) mass is 427 g/mol. The van der Waals surface area contributed by atoms with Gasteiger partial charge in [0.05, 0.1) is 11.5 Å². The lowest BCUT2D eigenvalue weighted by Gasteiger charge is -2.36. The van der Waals surface area contributed by atoms with Crippen LogP contribution in [0.25, 0.3) is 0 Å². The maximum absolute atomic E-state index is 13.3. The van der Waals surface area contributed by atoms with Crippen molar-refractivity contribution in [3.8, 4) is 0 Å². The Bertz CT molecular complexity index is 785. The fourth-order valence-corrected chi connectivity index (χ4v) is 5.54. The summed E-state index contributed by atoms with van der Waals surface area (Å²) in [6.45, 7) is 13.4. The number of aryl methyl sites for hydroxylation is 2. The maximum atomic E-state index is 13.3. The van der Waals surface area contributed by atoms with Crippen molar-refractivity contribution in [3.63, 3.8) is 0 Å². The average molecular weight is 428 g/mol. The van der Waals surface area contributed by atoms with Crippen LogP contribution in [-0.2, 0) is 20.2 Å². The third kappa shape index (κ3) is 5.23. The van der Waals surface area contributed by atoms with Crippen LogP contribution in [-0.4, -0.2) is 69.2 Å². The zero-order valence-electron chi connectivity index (χ0n) is 17.8. The number of hydrogen-bond acceptors (Lipinski definition) is 4. The molecule has 1 aliphatic heterocycles. The minimum absolute atomic E-state index is 0.0189. The largest absolute Gasteiger partial charge is 0.383 e. The normalized spacial score (nSPS) is 16.3. The summed E-state index contributed by atoms with van der Waals surface area (Å²) in [5, 5.41) is 3.79. The molecular weight excluding hydrogens is 394 g/mol.